The number of aromatic nitrogens is 1. The van der Waals surface area contributed by atoms with Gasteiger partial charge in [-0.2, -0.15) is 0 Å². The highest BCUT2D eigenvalue weighted by molar-refractivity contribution is 5.79. The number of nitrogens with one attached hydrogen (secondary N) is 2. The van der Waals surface area contributed by atoms with Gasteiger partial charge in [0.25, 0.3) is 0 Å². The Balaban J connectivity index is 1.43. The van der Waals surface area contributed by atoms with Gasteiger partial charge in [0.2, 0.25) is 0 Å². The summed E-state index contributed by atoms with van der Waals surface area (Å²) in [6, 6.07) is 10.4. The molecule has 0 saturated carbocycles. The number of aryl methyl sites for hydroxylation is 1. The van der Waals surface area contributed by atoms with E-state index in [-0.39, 0.29) is 0 Å². The van der Waals surface area contributed by atoms with Gasteiger partial charge in [-0.15, -0.1) is 0 Å². The average Bonchev–Trinajstić information content (AvgIpc) is 3.34. The van der Waals surface area contributed by atoms with Crippen LogP contribution in [0.5, 0.6) is 11.5 Å². The van der Waals surface area contributed by atoms with Crippen molar-refractivity contribution in [1.29, 1.82) is 0 Å². The molecule has 7 nitrogen and oxygen atoms in total. The van der Waals surface area contributed by atoms with E-state index in [1.165, 1.54) is 24.0 Å². The van der Waals surface area contributed by atoms with Crippen molar-refractivity contribution in [3.63, 3.8) is 0 Å². The molecule has 1 aliphatic heterocycles. The van der Waals surface area contributed by atoms with Gasteiger partial charge in [0, 0.05) is 39.4 Å². The molecule has 1 aromatic heterocycles. The Bertz CT molecular complexity index is 850. The molecule has 0 atom stereocenters. The van der Waals surface area contributed by atoms with E-state index in [1.54, 1.807) is 14.2 Å². The average molecular weight is 426 g/mol. The molecule has 1 aromatic carbocycles. The highest BCUT2D eigenvalue weighted by atomic mass is 16.5. The van der Waals surface area contributed by atoms with Crippen molar-refractivity contribution in [3.05, 3.63) is 47.7 Å². The number of pyridine rings is 1. The molecule has 2 aromatic rings. The molecule has 1 saturated heterocycles. The number of methoxy groups -OCH3 is 1. The Labute approximate surface area is 185 Å². The molecular weight excluding hydrogens is 390 g/mol. The SMILES string of the molecule is CCOc1cc(CCCNC(=NC)NCc2ccnc(N3CCCC3)c2)ccc1OC. The van der Waals surface area contributed by atoms with Crippen molar-refractivity contribution in [3.8, 4) is 11.5 Å². The smallest absolute Gasteiger partial charge is 0.191 e. The third kappa shape index (κ3) is 6.77. The van der Waals surface area contributed by atoms with Crippen LogP contribution < -0.4 is 25.0 Å². The minimum atomic E-state index is 0.625. The van der Waals surface area contributed by atoms with Gasteiger partial charge in [-0.25, -0.2) is 4.98 Å². The standard InChI is InChI=1S/C24H35N5O2/c1-4-31-22-16-19(9-10-21(22)30-3)8-7-12-27-24(25-2)28-18-20-11-13-26-23(17-20)29-14-5-6-15-29/h9-11,13,16-17H,4-8,12,14-15,18H2,1-3H3,(H2,25,27,28). The Morgan fingerprint density at radius 1 is 1.10 bits per heavy atom. The third-order valence-corrected chi connectivity index (χ3v) is 5.39. The summed E-state index contributed by atoms with van der Waals surface area (Å²) in [5.41, 5.74) is 2.45. The van der Waals surface area contributed by atoms with E-state index in [2.05, 4.69) is 49.8 Å². The van der Waals surface area contributed by atoms with Gasteiger partial charge >= 0.3 is 0 Å². The van der Waals surface area contributed by atoms with Crippen LogP contribution in [0.4, 0.5) is 5.82 Å². The Kier molecular flexibility index (Phi) is 8.82. The highest BCUT2D eigenvalue weighted by Gasteiger charge is 2.13. The summed E-state index contributed by atoms with van der Waals surface area (Å²) in [6.45, 7) is 6.37. The maximum absolute atomic E-state index is 5.67. The van der Waals surface area contributed by atoms with E-state index >= 15 is 0 Å². The molecule has 0 amide bonds. The first-order valence-corrected chi connectivity index (χ1v) is 11.2. The summed E-state index contributed by atoms with van der Waals surface area (Å²) >= 11 is 0. The lowest BCUT2D eigenvalue weighted by molar-refractivity contribution is 0.310. The second-order valence-corrected chi connectivity index (χ2v) is 7.59. The quantitative estimate of drug-likeness (QED) is 0.345. The monoisotopic (exact) mass is 425 g/mol. The first-order chi connectivity index (χ1) is 15.2. The third-order valence-electron chi connectivity index (χ3n) is 5.39. The first kappa shape index (κ1) is 22.7. The lowest BCUT2D eigenvalue weighted by Gasteiger charge is -2.17. The van der Waals surface area contributed by atoms with Crippen molar-refractivity contribution in [2.75, 3.05) is 45.3 Å². The molecule has 1 aliphatic rings. The molecule has 0 aliphatic carbocycles. The van der Waals surface area contributed by atoms with E-state index in [1.807, 2.05) is 19.2 Å². The Morgan fingerprint density at radius 2 is 1.94 bits per heavy atom. The van der Waals surface area contributed by atoms with Gasteiger partial charge < -0.3 is 25.0 Å². The zero-order valence-corrected chi connectivity index (χ0v) is 19.0. The number of aliphatic imine (C=N–C) groups is 1. The number of rotatable bonds is 10. The Morgan fingerprint density at radius 3 is 2.68 bits per heavy atom. The van der Waals surface area contributed by atoms with Crippen molar-refractivity contribution in [2.24, 2.45) is 4.99 Å². The first-order valence-electron chi connectivity index (χ1n) is 11.2. The number of anilines is 1. The fourth-order valence-electron chi connectivity index (χ4n) is 3.74. The highest BCUT2D eigenvalue weighted by Crippen LogP contribution is 2.28. The van der Waals surface area contributed by atoms with E-state index < -0.39 is 0 Å². The maximum atomic E-state index is 5.67. The zero-order valence-electron chi connectivity index (χ0n) is 19.0. The summed E-state index contributed by atoms with van der Waals surface area (Å²) in [5, 5.41) is 6.80. The second-order valence-electron chi connectivity index (χ2n) is 7.59. The van der Waals surface area contributed by atoms with Crippen LogP contribution in [0.25, 0.3) is 0 Å². The lowest BCUT2D eigenvalue weighted by atomic mass is 10.1. The van der Waals surface area contributed by atoms with E-state index in [9.17, 15) is 0 Å². The minimum Gasteiger partial charge on any atom is -0.493 e. The van der Waals surface area contributed by atoms with E-state index in [0.717, 1.165) is 62.3 Å². The molecule has 168 valence electrons. The van der Waals surface area contributed by atoms with Crippen LogP contribution in [0.15, 0.2) is 41.5 Å². The molecule has 31 heavy (non-hydrogen) atoms. The maximum Gasteiger partial charge on any atom is 0.191 e. The molecule has 1 fully saturated rings. The molecule has 2 heterocycles. The number of nitrogens with zero attached hydrogens (tertiary/aromatic N) is 3. The summed E-state index contributed by atoms with van der Waals surface area (Å²) in [7, 11) is 3.47. The van der Waals surface area contributed by atoms with Gasteiger partial charge in [0.05, 0.1) is 13.7 Å². The largest absolute Gasteiger partial charge is 0.493 e. The molecule has 2 N–H and O–H groups in total. The van der Waals surface area contributed by atoms with Crippen LogP contribution in [-0.4, -0.2) is 51.3 Å². The van der Waals surface area contributed by atoms with Gasteiger partial charge in [-0.05, 0) is 68.0 Å². The van der Waals surface area contributed by atoms with Crippen molar-refractivity contribution in [1.82, 2.24) is 15.6 Å². The van der Waals surface area contributed by atoms with Crippen LogP contribution in [-0.2, 0) is 13.0 Å². The van der Waals surface area contributed by atoms with Crippen LogP contribution in [0.3, 0.4) is 0 Å². The van der Waals surface area contributed by atoms with E-state index in [0.29, 0.717) is 6.61 Å². The van der Waals surface area contributed by atoms with Crippen LogP contribution >= 0.6 is 0 Å². The number of ether oxygens (including phenoxy) is 2. The molecule has 7 heteroatoms. The van der Waals surface area contributed by atoms with Crippen molar-refractivity contribution < 1.29 is 9.47 Å². The van der Waals surface area contributed by atoms with Crippen LogP contribution in [0.1, 0.15) is 37.3 Å². The predicted octanol–water partition coefficient (Wildman–Crippen LogP) is 3.39. The van der Waals surface area contributed by atoms with Gasteiger partial charge in [0.1, 0.15) is 5.82 Å². The number of benzene rings is 1. The molecule has 0 spiro atoms. The van der Waals surface area contributed by atoms with E-state index in [4.69, 9.17) is 9.47 Å². The number of hydrogen-bond donors (Lipinski definition) is 2. The zero-order chi connectivity index (χ0) is 21.9. The van der Waals surface area contributed by atoms with Gasteiger partial charge in [-0.3, -0.25) is 4.99 Å². The fourth-order valence-corrected chi connectivity index (χ4v) is 3.74. The van der Waals surface area contributed by atoms with Crippen LogP contribution in [0, 0.1) is 0 Å². The number of guanidine groups is 1. The van der Waals surface area contributed by atoms with Crippen molar-refractivity contribution >= 4 is 11.8 Å². The molecule has 0 unspecified atom stereocenters. The summed E-state index contributed by atoms with van der Waals surface area (Å²) in [4.78, 5) is 11.2. The van der Waals surface area contributed by atoms with Gasteiger partial charge in [0.15, 0.2) is 17.5 Å². The summed E-state index contributed by atoms with van der Waals surface area (Å²) < 4.78 is 11.0. The topological polar surface area (TPSA) is 71.0 Å². The molecular formula is C24H35N5O2. The molecule has 0 radical (unpaired) electrons. The minimum absolute atomic E-state index is 0.625. The fraction of sp³-hybridized carbons (Fsp3) is 0.500. The molecule has 3 rings (SSSR count). The summed E-state index contributed by atoms with van der Waals surface area (Å²) in [6.07, 6.45) is 6.35. The number of hydrogen-bond acceptors (Lipinski definition) is 5. The predicted molar refractivity (Wildman–Crippen MR) is 126 cm³/mol. The molecule has 0 bridgehead atoms. The Hall–Kier alpha value is -2.96. The summed E-state index contributed by atoms with van der Waals surface area (Å²) in [5.74, 6) is 3.46. The van der Waals surface area contributed by atoms with Crippen molar-refractivity contribution in [2.45, 2.75) is 39.2 Å². The normalized spacial score (nSPS) is 13.9. The second kappa shape index (κ2) is 12.0. The van der Waals surface area contributed by atoms with Gasteiger partial charge in [-0.1, -0.05) is 6.07 Å². The lowest BCUT2D eigenvalue weighted by Crippen LogP contribution is -2.37. The van der Waals surface area contributed by atoms with Crippen LogP contribution in [0.2, 0.25) is 0 Å².